The van der Waals surface area contributed by atoms with Gasteiger partial charge in [-0.15, -0.1) is 0 Å². The number of nitrogens with one attached hydrogen (secondary N) is 1. The van der Waals surface area contributed by atoms with Gasteiger partial charge in [0, 0.05) is 18.2 Å². The van der Waals surface area contributed by atoms with Gasteiger partial charge in [-0.25, -0.2) is 0 Å². The number of aryl methyl sites for hydroxylation is 1. The van der Waals surface area contributed by atoms with Crippen molar-refractivity contribution in [2.45, 2.75) is 19.9 Å². The monoisotopic (exact) mass is 359 g/mol. The third kappa shape index (κ3) is 5.88. The van der Waals surface area contributed by atoms with Crippen LogP contribution in [0.15, 0.2) is 42.5 Å². The average Bonchev–Trinajstić information content (AvgIpc) is 2.65. The maximum absolute atomic E-state index is 12.1. The summed E-state index contributed by atoms with van der Waals surface area (Å²) in [5.74, 6) is 2.28. The molecule has 0 bridgehead atoms. The summed E-state index contributed by atoms with van der Waals surface area (Å²) in [4.78, 5) is 12.1. The molecule has 1 atom stereocenters. The Labute approximate surface area is 154 Å². The molecule has 0 aliphatic rings. The lowest BCUT2D eigenvalue weighted by atomic mass is 10.2. The first-order valence-corrected chi connectivity index (χ1v) is 8.35. The van der Waals surface area contributed by atoms with Crippen LogP contribution in [0.4, 0.5) is 0 Å². The third-order valence-corrected chi connectivity index (χ3v) is 3.68. The molecule has 0 radical (unpaired) electrons. The summed E-state index contributed by atoms with van der Waals surface area (Å²) in [6, 6.07) is 12.7. The van der Waals surface area contributed by atoms with Gasteiger partial charge in [-0.05, 0) is 25.5 Å². The number of hydrogen-bond donors (Lipinski definition) is 1. The van der Waals surface area contributed by atoms with Gasteiger partial charge in [-0.1, -0.05) is 18.2 Å². The summed E-state index contributed by atoms with van der Waals surface area (Å²) in [6.07, 6.45) is 0. The zero-order valence-electron chi connectivity index (χ0n) is 15.6. The van der Waals surface area contributed by atoms with Crippen molar-refractivity contribution in [3.8, 4) is 23.0 Å². The molecule has 1 amide bonds. The highest BCUT2D eigenvalue weighted by molar-refractivity contribution is 5.77. The predicted molar refractivity (Wildman–Crippen MR) is 99.3 cm³/mol. The first-order chi connectivity index (χ1) is 12.5. The van der Waals surface area contributed by atoms with Crippen molar-refractivity contribution in [1.29, 1.82) is 0 Å². The molecule has 0 saturated carbocycles. The van der Waals surface area contributed by atoms with Crippen LogP contribution in [0.1, 0.15) is 12.5 Å². The van der Waals surface area contributed by atoms with Crippen LogP contribution in [-0.4, -0.2) is 39.4 Å². The third-order valence-electron chi connectivity index (χ3n) is 3.68. The fraction of sp³-hybridized carbons (Fsp3) is 0.350. The van der Waals surface area contributed by atoms with Crippen LogP contribution < -0.4 is 24.3 Å². The summed E-state index contributed by atoms with van der Waals surface area (Å²) >= 11 is 0. The van der Waals surface area contributed by atoms with Gasteiger partial charge in [0.2, 0.25) is 0 Å². The number of ether oxygens (including phenoxy) is 4. The Bertz CT molecular complexity index is 710. The van der Waals surface area contributed by atoms with E-state index in [1.54, 1.807) is 32.4 Å². The normalized spacial score (nSPS) is 11.4. The van der Waals surface area contributed by atoms with Crippen LogP contribution in [0.3, 0.4) is 0 Å². The van der Waals surface area contributed by atoms with Crippen molar-refractivity contribution in [2.75, 3.05) is 27.4 Å². The van der Waals surface area contributed by atoms with E-state index in [1.165, 1.54) is 0 Å². The van der Waals surface area contributed by atoms with Gasteiger partial charge >= 0.3 is 0 Å². The molecule has 6 nitrogen and oxygen atoms in total. The van der Waals surface area contributed by atoms with Crippen molar-refractivity contribution in [3.05, 3.63) is 48.0 Å². The number of carbonyl (C=O) groups is 1. The van der Waals surface area contributed by atoms with Crippen LogP contribution in [-0.2, 0) is 4.79 Å². The Morgan fingerprint density at radius 1 is 1.00 bits per heavy atom. The van der Waals surface area contributed by atoms with E-state index < -0.39 is 0 Å². The molecular weight excluding hydrogens is 334 g/mol. The minimum Gasteiger partial charge on any atom is -0.496 e. The number of carbonyl (C=O) groups excluding carboxylic acids is 1. The van der Waals surface area contributed by atoms with Gasteiger partial charge in [0.1, 0.15) is 29.6 Å². The van der Waals surface area contributed by atoms with Crippen LogP contribution in [0.5, 0.6) is 23.0 Å². The first-order valence-electron chi connectivity index (χ1n) is 8.35. The van der Waals surface area contributed by atoms with E-state index in [9.17, 15) is 4.79 Å². The Morgan fingerprint density at radius 2 is 1.62 bits per heavy atom. The smallest absolute Gasteiger partial charge is 0.258 e. The molecule has 0 fully saturated rings. The maximum Gasteiger partial charge on any atom is 0.258 e. The van der Waals surface area contributed by atoms with Crippen LogP contribution in [0, 0.1) is 6.92 Å². The van der Waals surface area contributed by atoms with E-state index in [4.69, 9.17) is 18.9 Å². The quantitative estimate of drug-likeness (QED) is 0.746. The zero-order chi connectivity index (χ0) is 18.9. The van der Waals surface area contributed by atoms with Crippen molar-refractivity contribution in [3.63, 3.8) is 0 Å². The summed E-state index contributed by atoms with van der Waals surface area (Å²) < 4.78 is 21.6. The highest BCUT2D eigenvalue weighted by Crippen LogP contribution is 2.27. The van der Waals surface area contributed by atoms with Crippen molar-refractivity contribution in [2.24, 2.45) is 0 Å². The molecule has 0 spiro atoms. The minimum atomic E-state index is -0.229. The molecule has 0 unspecified atom stereocenters. The number of para-hydroxylation sites is 1. The van der Waals surface area contributed by atoms with Gasteiger partial charge in [-0.2, -0.15) is 0 Å². The minimum absolute atomic E-state index is 0.106. The lowest BCUT2D eigenvalue weighted by Crippen LogP contribution is -2.39. The molecule has 0 saturated heterocycles. The van der Waals surface area contributed by atoms with E-state index in [-0.39, 0.29) is 18.6 Å². The molecule has 2 rings (SSSR count). The number of benzene rings is 2. The van der Waals surface area contributed by atoms with E-state index in [2.05, 4.69) is 5.32 Å². The highest BCUT2D eigenvalue weighted by Gasteiger charge is 2.11. The fourth-order valence-corrected chi connectivity index (χ4v) is 2.30. The molecule has 6 heteroatoms. The fourth-order valence-electron chi connectivity index (χ4n) is 2.30. The van der Waals surface area contributed by atoms with Gasteiger partial charge in [0.15, 0.2) is 6.61 Å². The predicted octanol–water partition coefficient (Wildman–Crippen LogP) is 2.97. The number of rotatable bonds is 9. The van der Waals surface area contributed by atoms with E-state index in [1.807, 2.05) is 38.1 Å². The summed E-state index contributed by atoms with van der Waals surface area (Å²) in [6.45, 7) is 4.13. The average molecular weight is 359 g/mol. The second-order valence-electron chi connectivity index (χ2n) is 5.88. The molecule has 140 valence electrons. The second-order valence-corrected chi connectivity index (χ2v) is 5.88. The molecule has 26 heavy (non-hydrogen) atoms. The van der Waals surface area contributed by atoms with Crippen LogP contribution in [0.2, 0.25) is 0 Å². The van der Waals surface area contributed by atoms with Gasteiger partial charge in [-0.3, -0.25) is 4.79 Å². The molecule has 2 aromatic rings. The molecule has 0 aliphatic carbocycles. The number of amides is 1. The molecular formula is C20H25NO5. The topological polar surface area (TPSA) is 66.0 Å². The highest BCUT2D eigenvalue weighted by atomic mass is 16.5. The second kappa shape index (κ2) is 9.56. The maximum atomic E-state index is 12.1. The molecule has 1 N–H and O–H groups in total. The molecule has 0 aromatic heterocycles. The lowest BCUT2D eigenvalue weighted by Gasteiger charge is -2.16. The van der Waals surface area contributed by atoms with Gasteiger partial charge in [0.05, 0.1) is 20.3 Å². The Hall–Kier alpha value is -2.89. The molecule has 0 aliphatic heterocycles. The SMILES string of the molecule is COc1cc(OC)cc(OCC(=O)N[C@@H](C)COc2ccccc2C)c1. The number of methoxy groups -OCH3 is 2. The van der Waals surface area contributed by atoms with E-state index >= 15 is 0 Å². The number of hydrogen-bond acceptors (Lipinski definition) is 5. The summed E-state index contributed by atoms with van der Waals surface area (Å²) in [5.41, 5.74) is 1.06. The van der Waals surface area contributed by atoms with E-state index in [0.717, 1.165) is 11.3 Å². The first kappa shape index (κ1) is 19.4. The van der Waals surface area contributed by atoms with Crippen molar-refractivity contribution < 1.29 is 23.7 Å². The van der Waals surface area contributed by atoms with Crippen molar-refractivity contribution in [1.82, 2.24) is 5.32 Å². The Morgan fingerprint density at radius 3 is 2.23 bits per heavy atom. The summed E-state index contributed by atoms with van der Waals surface area (Å²) in [7, 11) is 3.11. The van der Waals surface area contributed by atoms with Crippen LogP contribution in [0.25, 0.3) is 0 Å². The van der Waals surface area contributed by atoms with E-state index in [0.29, 0.717) is 23.9 Å². The summed E-state index contributed by atoms with van der Waals surface area (Å²) in [5, 5.41) is 2.85. The zero-order valence-corrected chi connectivity index (χ0v) is 15.6. The van der Waals surface area contributed by atoms with Crippen molar-refractivity contribution >= 4 is 5.91 Å². The van der Waals surface area contributed by atoms with Crippen LogP contribution >= 0.6 is 0 Å². The molecule has 2 aromatic carbocycles. The molecule has 0 heterocycles. The standard InChI is InChI=1S/C20H25NO5/c1-14-7-5-6-8-19(14)26-12-15(2)21-20(22)13-25-18-10-16(23-3)9-17(11-18)24-4/h5-11,15H,12-13H2,1-4H3,(H,21,22)/t15-/m0/s1. The largest absolute Gasteiger partial charge is 0.496 e. The Balaban J connectivity index is 1.80. The van der Waals surface area contributed by atoms with Gasteiger partial charge < -0.3 is 24.3 Å². The Kier molecular flexibility index (Phi) is 7.14. The lowest BCUT2D eigenvalue weighted by molar-refractivity contribution is -0.123. The van der Waals surface area contributed by atoms with Gasteiger partial charge in [0.25, 0.3) is 5.91 Å².